The summed E-state index contributed by atoms with van der Waals surface area (Å²) in [6, 6.07) is 7.93. The van der Waals surface area contributed by atoms with E-state index >= 15 is 0 Å². The predicted molar refractivity (Wildman–Crippen MR) is 78.6 cm³/mol. The van der Waals surface area contributed by atoms with Crippen molar-refractivity contribution in [2.75, 3.05) is 6.54 Å². The number of hydrogen-bond donors (Lipinski definition) is 1. The molecule has 1 aliphatic heterocycles. The van der Waals surface area contributed by atoms with Gasteiger partial charge in [-0.2, -0.15) is 0 Å². The first-order valence-corrected chi connectivity index (χ1v) is 7.77. The maximum Gasteiger partial charge on any atom is 0.321 e. The van der Waals surface area contributed by atoms with Crippen LogP contribution < -0.4 is 0 Å². The average Bonchev–Trinajstić information content (AvgIpc) is 2.47. The van der Waals surface area contributed by atoms with Crippen molar-refractivity contribution in [1.29, 1.82) is 0 Å². The quantitative estimate of drug-likeness (QED) is 0.920. The van der Waals surface area contributed by atoms with Gasteiger partial charge in [-0.3, -0.25) is 9.69 Å². The van der Waals surface area contributed by atoms with Gasteiger partial charge in [0.2, 0.25) is 0 Å². The first kappa shape index (κ1) is 13.6. The fraction of sp³-hybridized carbons (Fsp3) is 0.588. The minimum Gasteiger partial charge on any atom is -0.480 e. The molecule has 0 amide bonds. The van der Waals surface area contributed by atoms with Crippen molar-refractivity contribution in [3.63, 3.8) is 0 Å². The van der Waals surface area contributed by atoms with Gasteiger partial charge in [-0.1, -0.05) is 43.5 Å². The van der Waals surface area contributed by atoms with Crippen LogP contribution in [0.25, 0.3) is 0 Å². The highest BCUT2D eigenvalue weighted by Gasteiger charge is 2.32. The van der Waals surface area contributed by atoms with Gasteiger partial charge in [0.25, 0.3) is 0 Å². The Kier molecular flexibility index (Phi) is 4.06. The summed E-state index contributed by atoms with van der Waals surface area (Å²) in [5, 5.41) is 9.52. The summed E-state index contributed by atoms with van der Waals surface area (Å²) in [6.07, 6.45) is 7.16. The number of benzene rings is 1. The molecule has 0 aromatic heterocycles. The van der Waals surface area contributed by atoms with Crippen LogP contribution in [0, 0.1) is 5.92 Å². The van der Waals surface area contributed by atoms with Crippen molar-refractivity contribution in [1.82, 2.24) is 4.90 Å². The summed E-state index contributed by atoms with van der Waals surface area (Å²) in [5.41, 5.74) is 2.51. The van der Waals surface area contributed by atoms with Gasteiger partial charge in [0.1, 0.15) is 6.04 Å². The molecule has 0 radical (unpaired) electrons. The Morgan fingerprint density at radius 2 is 1.85 bits per heavy atom. The van der Waals surface area contributed by atoms with Gasteiger partial charge in [0, 0.05) is 13.1 Å². The molecule has 3 heteroatoms. The molecule has 1 atom stereocenters. The number of aliphatic carboxylic acids is 1. The van der Waals surface area contributed by atoms with Crippen LogP contribution in [0.15, 0.2) is 24.3 Å². The van der Waals surface area contributed by atoms with Crippen LogP contribution in [0.3, 0.4) is 0 Å². The third-order valence-corrected chi connectivity index (χ3v) is 4.85. The van der Waals surface area contributed by atoms with Gasteiger partial charge in [0.05, 0.1) is 0 Å². The summed E-state index contributed by atoms with van der Waals surface area (Å²) < 4.78 is 0. The second-order valence-electron chi connectivity index (χ2n) is 6.26. The van der Waals surface area contributed by atoms with E-state index in [0.717, 1.165) is 13.1 Å². The molecule has 0 bridgehead atoms. The molecule has 1 aromatic rings. The second-order valence-corrected chi connectivity index (χ2v) is 6.26. The van der Waals surface area contributed by atoms with E-state index in [1.807, 2.05) is 6.07 Å². The Hall–Kier alpha value is -1.35. The molecule has 0 unspecified atom stereocenters. The van der Waals surface area contributed by atoms with E-state index in [2.05, 4.69) is 23.1 Å². The Morgan fingerprint density at radius 1 is 1.15 bits per heavy atom. The highest BCUT2D eigenvalue weighted by atomic mass is 16.4. The van der Waals surface area contributed by atoms with E-state index in [-0.39, 0.29) is 6.04 Å². The van der Waals surface area contributed by atoms with Crippen molar-refractivity contribution >= 4 is 5.97 Å². The highest BCUT2D eigenvalue weighted by molar-refractivity contribution is 5.74. The summed E-state index contributed by atoms with van der Waals surface area (Å²) in [4.78, 5) is 13.8. The SMILES string of the molecule is O=C(O)[C@@H]1Cc2ccccc2CN1CC1CCCCC1. The van der Waals surface area contributed by atoms with Crippen LogP contribution in [0.4, 0.5) is 0 Å². The first-order valence-electron chi connectivity index (χ1n) is 7.77. The summed E-state index contributed by atoms with van der Waals surface area (Å²) in [5.74, 6) is 0.0196. The van der Waals surface area contributed by atoms with E-state index in [9.17, 15) is 9.90 Å². The molecule has 3 rings (SSSR count). The molecule has 1 N–H and O–H groups in total. The fourth-order valence-electron chi connectivity index (χ4n) is 3.71. The number of hydrogen-bond acceptors (Lipinski definition) is 2. The molecule has 108 valence electrons. The zero-order chi connectivity index (χ0) is 13.9. The smallest absolute Gasteiger partial charge is 0.321 e. The minimum atomic E-state index is -0.671. The summed E-state index contributed by atoms with van der Waals surface area (Å²) in [7, 11) is 0. The van der Waals surface area contributed by atoms with Gasteiger partial charge >= 0.3 is 5.97 Å². The normalized spacial score (nSPS) is 24.3. The Morgan fingerprint density at radius 3 is 2.55 bits per heavy atom. The van der Waals surface area contributed by atoms with Gasteiger partial charge in [-0.05, 0) is 36.3 Å². The predicted octanol–water partition coefficient (Wildman–Crippen LogP) is 3.08. The topological polar surface area (TPSA) is 40.5 Å². The number of rotatable bonds is 3. The lowest BCUT2D eigenvalue weighted by atomic mass is 9.87. The average molecular weight is 273 g/mol. The van der Waals surface area contributed by atoms with E-state index in [0.29, 0.717) is 12.3 Å². The maximum absolute atomic E-state index is 11.6. The van der Waals surface area contributed by atoms with Crippen molar-refractivity contribution in [3.8, 4) is 0 Å². The zero-order valence-corrected chi connectivity index (χ0v) is 11.9. The summed E-state index contributed by atoms with van der Waals surface area (Å²) in [6.45, 7) is 1.74. The van der Waals surface area contributed by atoms with Crippen LogP contribution in [0.5, 0.6) is 0 Å². The molecule has 1 heterocycles. The molecule has 1 saturated carbocycles. The van der Waals surface area contributed by atoms with E-state index in [1.54, 1.807) is 0 Å². The molecular weight excluding hydrogens is 250 g/mol. The summed E-state index contributed by atoms with van der Waals surface area (Å²) >= 11 is 0. The third-order valence-electron chi connectivity index (χ3n) is 4.85. The van der Waals surface area contributed by atoms with Gasteiger partial charge in [-0.15, -0.1) is 0 Å². The van der Waals surface area contributed by atoms with Crippen LogP contribution >= 0.6 is 0 Å². The molecule has 1 aromatic carbocycles. The van der Waals surface area contributed by atoms with Gasteiger partial charge in [0.15, 0.2) is 0 Å². The lowest BCUT2D eigenvalue weighted by Gasteiger charge is -2.37. The monoisotopic (exact) mass is 273 g/mol. The Labute approximate surface area is 120 Å². The van der Waals surface area contributed by atoms with Gasteiger partial charge in [-0.25, -0.2) is 0 Å². The van der Waals surface area contributed by atoms with E-state index in [4.69, 9.17) is 0 Å². The molecule has 1 fully saturated rings. The molecule has 20 heavy (non-hydrogen) atoms. The van der Waals surface area contributed by atoms with Crippen molar-refractivity contribution in [2.45, 2.75) is 51.1 Å². The van der Waals surface area contributed by atoms with Crippen LogP contribution in [-0.2, 0) is 17.8 Å². The van der Waals surface area contributed by atoms with Gasteiger partial charge < -0.3 is 5.11 Å². The van der Waals surface area contributed by atoms with Crippen LogP contribution in [0.1, 0.15) is 43.2 Å². The van der Waals surface area contributed by atoms with Crippen molar-refractivity contribution in [3.05, 3.63) is 35.4 Å². The lowest BCUT2D eigenvalue weighted by Crippen LogP contribution is -2.47. The Bertz CT molecular complexity index is 480. The zero-order valence-electron chi connectivity index (χ0n) is 11.9. The second kappa shape index (κ2) is 5.96. The Balaban J connectivity index is 1.75. The molecular formula is C17H23NO2. The minimum absolute atomic E-state index is 0.341. The number of carbonyl (C=O) groups is 1. The first-order chi connectivity index (χ1) is 9.74. The lowest BCUT2D eigenvalue weighted by molar-refractivity contribution is -0.144. The maximum atomic E-state index is 11.6. The molecule has 0 saturated heterocycles. The number of fused-ring (bicyclic) bond motifs is 1. The van der Waals surface area contributed by atoms with E-state index in [1.165, 1.54) is 43.2 Å². The fourth-order valence-corrected chi connectivity index (χ4v) is 3.71. The largest absolute Gasteiger partial charge is 0.480 e. The number of carboxylic acid groups (broad SMARTS) is 1. The highest BCUT2D eigenvalue weighted by Crippen LogP contribution is 2.29. The molecule has 1 aliphatic carbocycles. The third kappa shape index (κ3) is 2.88. The van der Waals surface area contributed by atoms with Crippen molar-refractivity contribution < 1.29 is 9.90 Å². The number of carboxylic acids is 1. The molecule has 0 spiro atoms. The molecule has 2 aliphatic rings. The number of nitrogens with zero attached hydrogens (tertiary/aromatic N) is 1. The standard InChI is InChI=1S/C17H23NO2/c19-17(20)16-10-14-8-4-5-9-15(14)12-18(16)11-13-6-2-1-3-7-13/h4-5,8-9,13,16H,1-3,6-7,10-12H2,(H,19,20)/t16-/m0/s1. The molecule has 3 nitrogen and oxygen atoms in total. The van der Waals surface area contributed by atoms with E-state index < -0.39 is 5.97 Å². The van der Waals surface area contributed by atoms with Crippen molar-refractivity contribution in [2.24, 2.45) is 5.92 Å². The van der Waals surface area contributed by atoms with Crippen LogP contribution in [-0.4, -0.2) is 28.6 Å². The van der Waals surface area contributed by atoms with Crippen LogP contribution in [0.2, 0.25) is 0 Å².